The van der Waals surface area contributed by atoms with E-state index in [0.29, 0.717) is 12.0 Å². The summed E-state index contributed by atoms with van der Waals surface area (Å²) in [6.45, 7) is 2.11. The lowest BCUT2D eigenvalue weighted by atomic mass is 9.79. The second-order valence-corrected chi connectivity index (χ2v) is 6.85. The molecule has 0 unspecified atom stereocenters. The number of hydrogen-bond acceptors (Lipinski definition) is 3. The van der Waals surface area contributed by atoms with Crippen molar-refractivity contribution < 1.29 is 0 Å². The Labute approximate surface area is 119 Å². The normalized spacial score (nSPS) is 22.8. The lowest BCUT2D eigenvalue weighted by molar-refractivity contribution is 0.354. The van der Waals surface area contributed by atoms with Gasteiger partial charge in [0, 0.05) is 21.0 Å². The van der Waals surface area contributed by atoms with Gasteiger partial charge >= 0.3 is 0 Å². The standard InChI is InChI=1S/C14H15BrN2S/c1-8-13(10-6-12(16)7-10)18-14(17-8)9-2-4-11(15)5-3-9/h2-5,10,12H,6-7,16H2,1H3. The van der Waals surface area contributed by atoms with Crippen LogP contribution < -0.4 is 5.73 Å². The zero-order chi connectivity index (χ0) is 12.7. The highest BCUT2D eigenvalue weighted by Gasteiger charge is 2.30. The summed E-state index contributed by atoms with van der Waals surface area (Å²) in [7, 11) is 0. The van der Waals surface area contributed by atoms with Crippen molar-refractivity contribution in [1.29, 1.82) is 0 Å². The summed E-state index contributed by atoms with van der Waals surface area (Å²) in [5, 5.41) is 1.12. The monoisotopic (exact) mass is 322 g/mol. The molecule has 0 bridgehead atoms. The smallest absolute Gasteiger partial charge is 0.123 e. The van der Waals surface area contributed by atoms with Gasteiger partial charge in [0.2, 0.25) is 0 Å². The van der Waals surface area contributed by atoms with Crippen LogP contribution in [-0.2, 0) is 0 Å². The highest BCUT2D eigenvalue weighted by Crippen LogP contribution is 2.42. The lowest BCUT2D eigenvalue weighted by Crippen LogP contribution is -2.34. The first kappa shape index (κ1) is 12.3. The van der Waals surface area contributed by atoms with Crippen LogP contribution in [-0.4, -0.2) is 11.0 Å². The summed E-state index contributed by atoms with van der Waals surface area (Å²) in [6, 6.07) is 8.74. The molecule has 3 rings (SSSR count). The van der Waals surface area contributed by atoms with Crippen LogP contribution in [0.1, 0.15) is 29.3 Å². The molecule has 1 aromatic heterocycles. The number of halogens is 1. The second-order valence-electron chi connectivity index (χ2n) is 4.90. The van der Waals surface area contributed by atoms with Crippen LogP contribution >= 0.6 is 27.3 Å². The Balaban J connectivity index is 1.90. The molecule has 0 aliphatic heterocycles. The molecule has 0 radical (unpaired) electrons. The van der Waals surface area contributed by atoms with E-state index in [1.54, 1.807) is 0 Å². The number of rotatable bonds is 2. The first-order valence-electron chi connectivity index (χ1n) is 6.12. The Morgan fingerprint density at radius 1 is 1.28 bits per heavy atom. The molecule has 0 amide bonds. The molecule has 0 atom stereocenters. The summed E-state index contributed by atoms with van der Waals surface area (Å²) in [4.78, 5) is 6.13. The average Bonchev–Trinajstić information content (AvgIpc) is 2.68. The number of benzene rings is 1. The minimum atomic E-state index is 0.396. The molecule has 1 aliphatic rings. The lowest BCUT2D eigenvalue weighted by Gasteiger charge is -2.31. The van der Waals surface area contributed by atoms with E-state index in [4.69, 9.17) is 10.7 Å². The second kappa shape index (κ2) is 4.76. The topological polar surface area (TPSA) is 38.9 Å². The van der Waals surface area contributed by atoms with Crippen LogP contribution in [0, 0.1) is 6.92 Å². The maximum absolute atomic E-state index is 5.87. The van der Waals surface area contributed by atoms with Gasteiger partial charge in [0.25, 0.3) is 0 Å². The van der Waals surface area contributed by atoms with Gasteiger partial charge in [-0.15, -0.1) is 11.3 Å². The molecule has 1 fully saturated rings. The molecule has 1 heterocycles. The fourth-order valence-corrected chi connectivity index (χ4v) is 3.84. The van der Waals surface area contributed by atoms with E-state index in [9.17, 15) is 0 Å². The highest BCUT2D eigenvalue weighted by atomic mass is 79.9. The number of nitrogens with zero attached hydrogens (tertiary/aromatic N) is 1. The third-order valence-corrected chi connectivity index (χ3v) is 5.37. The van der Waals surface area contributed by atoms with E-state index >= 15 is 0 Å². The predicted molar refractivity (Wildman–Crippen MR) is 79.9 cm³/mol. The predicted octanol–water partition coefficient (Wildman–Crippen LogP) is 4.09. The fraction of sp³-hybridized carbons (Fsp3) is 0.357. The summed E-state index contributed by atoms with van der Waals surface area (Å²) in [6.07, 6.45) is 2.23. The average molecular weight is 323 g/mol. The van der Waals surface area contributed by atoms with E-state index in [1.165, 1.54) is 16.1 Å². The maximum atomic E-state index is 5.87. The molecule has 2 N–H and O–H groups in total. The van der Waals surface area contributed by atoms with Gasteiger partial charge in [-0.1, -0.05) is 28.1 Å². The van der Waals surface area contributed by atoms with Gasteiger partial charge < -0.3 is 5.73 Å². The van der Waals surface area contributed by atoms with E-state index in [1.807, 2.05) is 11.3 Å². The van der Waals surface area contributed by atoms with Crippen LogP contribution in [0.2, 0.25) is 0 Å². The fourth-order valence-electron chi connectivity index (χ4n) is 2.38. The van der Waals surface area contributed by atoms with Crippen LogP contribution in [0.5, 0.6) is 0 Å². The van der Waals surface area contributed by atoms with E-state index in [-0.39, 0.29) is 0 Å². The molecule has 1 aromatic carbocycles. The molecule has 0 saturated heterocycles. The summed E-state index contributed by atoms with van der Waals surface area (Å²) in [5.74, 6) is 0.640. The van der Waals surface area contributed by atoms with E-state index in [0.717, 1.165) is 22.3 Å². The SMILES string of the molecule is Cc1nc(-c2ccc(Br)cc2)sc1C1CC(N)C1. The Morgan fingerprint density at radius 3 is 2.56 bits per heavy atom. The first-order valence-corrected chi connectivity index (χ1v) is 7.73. The van der Waals surface area contributed by atoms with Crippen LogP contribution in [0.3, 0.4) is 0 Å². The molecule has 1 aliphatic carbocycles. The molecule has 0 spiro atoms. The minimum Gasteiger partial charge on any atom is -0.328 e. The van der Waals surface area contributed by atoms with Gasteiger partial charge in [-0.3, -0.25) is 0 Å². The van der Waals surface area contributed by atoms with Crippen molar-refractivity contribution in [1.82, 2.24) is 4.98 Å². The molecule has 2 nitrogen and oxygen atoms in total. The molecule has 94 valence electrons. The molecular formula is C14H15BrN2S. The number of aromatic nitrogens is 1. The van der Waals surface area contributed by atoms with Crippen LogP contribution in [0.4, 0.5) is 0 Å². The molecular weight excluding hydrogens is 308 g/mol. The van der Waals surface area contributed by atoms with Crippen LogP contribution in [0.15, 0.2) is 28.7 Å². The van der Waals surface area contributed by atoms with Crippen molar-refractivity contribution in [3.05, 3.63) is 39.3 Å². The zero-order valence-corrected chi connectivity index (χ0v) is 12.6. The van der Waals surface area contributed by atoms with E-state index < -0.39 is 0 Å². The maximum Gasteiger partial charge on any atom is 0.123 e. The van der Waals surface area contributed by atoms with Crippen molar-refractivity contribution in [2.45, 2.75) is 31.7 Å². The van der Waals surface area contributed by atoms with E-state index in [2.05, 4.69) is 47.1 Å². The Bertz CT molecular complexity index is 556. The van der Waals surface area contributed by atoms with Gasteiger partial charge in [-0.25, -0.2) is 4.98 Å². The third kappa shape index (κ3) is 2.25. The highest BCUT2D eigenvalue weighted by molar-refractivity contribution is 9.10. The number of hydrogen-bond donors (Lipinski definition) is 1. The van der Waals surface area contributed by atoms with Crippen molar-refractivity contribution in [3.63, 3.8) is 0 Å². The van der Waals surface area contributed by atoms with Gasteiger partial charge in [0.05, 0.1) is 5.69 Å². The summed E-state index contributed by atoms with van der Waals surface area (Å²) >= 11 is 5.28. The Hall–Kier alpha value is -0.710. The first-order chi connectivity index (χ1) is 8.63. The van der Waals surface area contributed by atoms with Crippen molar-refractivity contribution in [3.8, 4) is 10.6 Å². The summed E-state index contributed by atoms with van der Waals surface area (Å²) < 4.78 is 1.10. The molecule has 4 heteroatoms. The quantitative estimate of drug-likeness (QED) is 0.904. The Kier molecular flexibility index (Phi) is 3.26. The van der Waals surface area contributed by atoms with Crippen molar-refractivity contribution in [2.24, 2.45) is 5.73 Å². The Morgan fingerprint density at radius 2 is 1.94 bits per heavy atom. The number of nitrogens with two attached hydrogens (primary N) is 1. The number of thiazole rings is 1. The number of aryl methyl sites for hydroxylation is 1. The molecule has 2 aromatic rings. The summed E-state index contributed by atoms with van der Waals surface area (Å²) in [5.41, 5.74) is 8.24. The van der Waals surface area contributed by atoms with Gasteiger partial charge in [0.15, 0.2) is 0 Å². The zero-order valence-electron chi connectivity index (χ0n) is 10.2. The van der Waals surface area contributed by atoms with Gasteiger partial charge in [-0.05, 0) is 37.8 Å². The van der Waals surface area contributed by atoms with Gasteiger partial charge in [0.1, 0.15) is 5.01 Å². The molecule has 1 saturated carbocycles. The third-order valence-electron chi connectivity index (χ3n) is 3.47. The van der Waals surface area contributed by atoms with Crippen molar-refractivity contribution >= 4 is 27.3 Å². The minimum absolute atomic E-state index is 0.396. The van der Waals surface area contributed by atoms with Crippen molar-refractivity contribution in [2.75, 3.05) is 0 Å². The molecule has 18 heavy (non-hydrogen) atoms. The largest absolute Gasteiger partial charge is 0.328 e. The van der Waals surface area contributed by atoms with Gasteiger partial charge in [-0.2, -0.15) is 0 Å². The van der Waals surface area contributed by atoms with Crippen LogP contribution in [0.25, 0.3) is 10.6 Å².